The standard InChI is InChI=1S/C62H38N4/c63-39-40-18-20-41(21-19-40)42-22-28-45(29-23-42)52-34-36-56-54-16-7-8-17-55(54)57-37-35-53(58(52)59(56)57)46-30-24-43(25-31-46)50-14-9-15-51(38-50)44-26-32-49(33-27-44)62-65-60(47-10-3-1-4-11-47)64-61(66-62)48-12-5-2-6-13-48/h1-38H. The monoisotopic (exact) mass is 838 g/mol. The maximum atomic E-state index is 9.31. The van der Waals surface area contributed by atoms with E-state index in [0.29, 0.717) is 23.0 Å². The van der Waals surface area contributed by atoms with Gasteiger partial charge in [0.15, 0.2) is 17.5 Å². The lowest BCUT2D eigenvalue weighted by molar-refractivity contribution is 1.07. The van der Waals surface area contributed by atoms with E-state index < -0.39 is 0 Å². The summed E-state index contributed by atoms with van der Waals surface area (Å²) in [5, 5.41) is 11.9. The fourth-order valence-corrected chi connectivity index (χ4v) is 9.43. The van der Waals surface area contributed by atoms with E-state index in [4.69, 9.17) is 15.0 Å². The van der Waals surface area contributed by atoms with E-state index in [1.807, 2.05) is 84.9 Å². The SMILES string of the molecule is N#Cc1ccc(-c2ccc(-c3ccc4c5c(ccc(-c6ccc(-c7cccc(-c8ccc(-c9nc(-c%10ccccc%10)nc(-c%10ccccc%10)n9)cc8)c7)cc6)c35)-c3ccccc3-4)cc2)cc1. The molecule has 11 aromatic rings. The molecule has 0 radical (unpaired) electrons. The Morgan fingerprint density at radius 3 is 1.00 bits per heavy atom. The van der Waals surface area contributed by atoms with Crippen molar-refractivity contribution in [3.63, 3.8) is 0 Å². The molecule has 0 aliphatic heterocycles. The molecule has 0 N–H and O–H groups in total. The third kappa shape index (κ3) is 6.93. The van der Waals surface area contributed by atoms with Gasteiger partial charge in [0, 0.05) is 16.7 Å². The second-order valence-corrected chi connectivity index (χ2v) is 16.7. The number of benzene rings is 10. The minimum absolute atomic E-state index is 0.637. The average Bonchev–Trinajstić information content (AvgIpc) is 3.73. The van der Waals surface area contributed by atoms with Gasteiger partial charge in [-0.25, -0.2) is 15.0 Å². The molecule has 1 aliphatic carbocycles. The Morgan fingerprint density at radius 1 is 0.242 bits per heavy atom. The highest BCUT2D eigenvalue weighted by Gasteiger charge is 2.25. The number of aromatic nitrogens is 3. The molecule has 4 nitrogen and oxygen atoms in total. The summed E-state index contributed by atoms with van der Waals surface area (Å²) in [6.45, 7) is 0. The van der Waals surface area contributed by atoms with Crippen LogP contribution in [0.1, 0.15) is 5.56 Å². The Labute approximate surface area is 383 Å². The van der Waals surface area contributed by atoms with Crippen molar-refractivity contribution >= 4 is 10.8 Å². The highest BCUT2D eigenvalue weighted by molar-refractivity contribution is 6.22. The van der Waals surface area contributed by atoms with Crippen LogP contribution in [0, 0.1) is 11.3 Å². The summed E-state index contributed by atoms with van der Waals surface area (Å²) >= 11 is 0. The van der Waals surface area contributed by atoms with Crippen molar-refractivity contribution in [2.45, 2.75) is 0 Å². The molecule has 0 fully saturated rings. The summed E-state index contributed by atoms with van der Waals surface area (Å²) in [7, 11) is 0. The van der Waals surface area contributed by atoms with Gasteiger partial charge in [0.25, 0.3) is 0 Å². The van der Waals surface area contributed by atoms with Crippen molar-refractivity contribution in [2.75, 3.05) is 0 Å². The molecule has 66 heavy (non-hydrogen) atoms. The van der Waals surface area contributed by atoms with Gasteiger partial charge in [-0.1, -0.05) is 212 Å². The van der Waals surface area contributed by atoms with Crippen molar-refractivity contribution in [1.82, 2.24) is 15.0 Å². The van der Waals surface area contributed by atoms with Gasteiger partial charge in [0.05, 0.1) is 11.6 Å². The van der Waals surface area contributed by atoms with Crippen LogP contribution >= 0.6 is 0 Å². The van der Waals surface area contributed by atoms with Crippen molar-refractivity contribution < 1.29 is 0 Å². The van der Waals surface area contributed by atoms with Crippen molar-refractivity contribution in [3.05, 3.63) is 236 Å². The van der Waals surface area contributed by atoms with Gasteiger partial charge >= 0.3 is 0 Å². The lowest BCUT2D eigenvalue weighted by Crippen LogP contribution is -2.00. The highest BCUT2D eigenvalue weighted by Crippen LogP contribution is 2.52. The van der Waals surface area contributed by atoms with E-state index in [2.05, 4.69) is 152 Å². The Bertz CT molecular complexity index is 3560. The van der Waals surface area contributed by atoms with Crippen molar-refractivity contribution in [2.24, 2.45) is 0 Å². The molecule has 0 spiro atoms. The Balaban J connectivity index is 0.872. The van der Waals surface area contributed by atoms with Gasteiger partial charge in [-0.05, 0) is 107 Å². The summed E-state index contributed by atoms with van der Waals surface area (Å²) in [5.74, 6) is 1.93. The summed E-state index contributed by atoms with van der Waals surface area (Å²) in [4.78, 5) is 14.7. The first-order chi connectivity index (χ1) is 32.6. The van der Waals surface area contributed by atoms with E-state index in [-0.39, 0.29) is 0 Å². The van der Waals surface area contributed by atoms with E-state index in [1.54, 1.807) is 0 Å². The molecule has 0 saturated heterocycles. The van der Waals surface area contributed by atoms with Gasteiger partial charge in [0.1, 0.15) is 0 Å². The first kappa shape index (κ1) is 38.6. The summed E-state index contributed by atoms with van der Waals surface area (Å²) < 4.78 is 0. The van der Waals surface area contributed by atoms with Gasteiger partial charge < -0.3 is 0 Å². The number of rotatable bonds is 8. The highest BCUT2D eigenvalue weighted by atomic mass is 15.0. The molecule has 1 aliphatic rings. The normalized spacial score (nSPS) is 11.3. The van der Waals surface area contributed by atoms with Gasteiger partial charge in [-0.2, -0.15) is 5.26 Å². The van der Waals surface area contributed by atoms with Crippen LogP contribution in [-0.2, 0) is 0 Å². The molecular formula is C62H38N4. The minimum Gasteiger partial charge on any atom is -0.208 e. The first-order valence-electron chi connectivity index (χ1n) is 22.1. The van der Waals surface area contributed by atoms with Crippen molar-refractivity contribution in [3.8, 4) is 118 Å². The number of hydrogen-bond acceptors (Lipinski definition) is 4. The van der Waals surface area contributed by atoms with Crippen LogP contribution < -0.4 is 0 Å². The second kappa shape index (κ2) is 16.3. The zero-order chi connectivity index (χ0) is 44.0. The Hall–Kier alpha value is -9.04. The van der Waals surface area contributed by atoms with E-state index in [9.17, 15) is 5.26 Å². The Morgan fingerprint density at radius 2 is 0.561 bits per heavy atom. The molecule has 0 unspecified atom stereocenters. The van der Waals surface area contributed by atoms with Gasteiger partial charge in [-0.3, -0.25) is 0 Å². The third-order valence-corrected chi connectivity index (χ3v) is 12.8. The molecule has 12 rings (SSSR count). The smallest absolute Gasteiger partial charge is 0.164 e. The summed E-state index contributed by atoms with van der Waals surface area (Å²) in [6, 6.07) is 83.2. The molecule has 10 aromatic carbocycles. The molecule has 0 bridgehead atoms. The molecule has 1 heterocycles. The van der Waals surface area contributed by atoms with Crippen LogP contribution in [0.2, 0.25) is 0 Å². The lowest BCUT2D eigenvalue weighted by Gasteiger charge is -2.16. The van der Waals surface area contributed by atoms with E-state index in [1.165, 1.54) is 49.7 Å². The second-order valence-electron chi connectivity index (χ2n) is 16.7. The largest absolute Gasteiger partial charge is 0.208 e. The summed E-state index contributed by atoms with van der Waals surface area (Å²) in [5.41, 5.74) is 20.1. The predicted molar refractivity (Wildman–Crippen MR) is 270 cm³/mol. The molecule has 1 aromatic heterocycles. The Kier molecular flexibility index (Phi) is 9.51. The zero-order valence-electron chi connectivity index (χ0n) is 35.7. The molecular weight excluding hydrogens is 801 g/mol. The van der Waals surface area contributed by atoms with Gasteiger partial charge in [-0.15, -0.1) is 0 Å². The lowest BCUT2D eigenvalue weighted by atomic mass is 9.87. The fourth-order valence-electron chi connectivity index (χ4n) is 9.43. The zero-order valence-corrected chi connectivity index (χ0v) is 35.7. The van der Waals surface area contributed by atoms with Crippen LogP contribution in [0.4, 0.5) is 0 Å². The molecule has 0 atom stereocenters. The number of fused-ring (bicyclic) bond motifs is 3. The molecule has 0 saturated carbocycles. The van der Waals surface area contributed by atoms with Gasteiger partial charge in [0.2, 0.25) is 0 Å². The maximum absolute atomic E-state index is 9.31. The number of nitrogens with zero attached hydrogens (tertiary/aromatic N) is 4. The molecule has 0 amide bonds. The van der Waals surface area contributed by atoms with E-state index in [0.717, 1.165) is 55.6 Å². The van der Waals surface area contributed by atoms with Crippen LogP contribution in [0.15, 0.2) is 231 Å². The number of hydrogen-bond donors (Lipinski definition) is 0. The van der Waals surface area contributed by atoms with Crippen LogP contribution in [0.5, 0.6) is 0 Å². The van der Waals surface area contributed by atoms with E-state index >= 15 is 0 Å². The molecule has 306 valence electrons. The van der Waals surface area contributed by atoms with Crippen LogP contribution in [-0.4, -0.2) is 15.0 Å². The quantitative estimate of drug-likeness (QED) is 0.153. The number of nitriles is 1. The van der Waals surface area contributed by atoms with Crippen molar-refractivity contribution in [1.29, 1.82) is 5.26 Å². The van der Waals surface area contributed by atoms with Crippen LogP contribution in [0.25, 0.3) is 123 Å². The molecule has 4 heteroatoms. The topological polar surface area (TPSA) is 62.5 Å². The predicted octanol–water partition coefficient (Wildman–Crippen LogP) is 15.9. The summed E-state index contributed by atoms with van der Waals surface area (Å²) in [6.07, 6.45) is 0. The third-order valence-electron chi connectivity index (χ3n) is 12.8. The van der Waals surface area contributed by atoms with Crippen LogP contribution in [0.3, 0.4) is 0 Å². The first-order valence-corrected chi connectivity index (χ1v) is 22.1. The minimum atomic E-state index is 0.637. The maximum Gasteiger partial charge on any atom is 0.164 e. The fraction of sp³-hybridized carbons (Fsp3) is 0. The average molecular weight is 839 g/mol.